The Balaban J connectivity index is 1.68. The SMILES string of the molecule is CCCn1ncc(Cl)c1-c1cc(F)cc(C(=O)NC[C@@H](NC(=O)OCc2ccccc2)C(=O)OC)c1. The Hall–Kier alpha value is -3.92. The minimum Gasteiger partial charge on any atom is -0.467 e. The minimum atomic E-state index is -1.23. The van der Waals surface area contributed by atoms with E-state index < -0.39 is 29.8 Å². The van der Waals surface area contributed by atoms with Crippen LogP contribution in [-0.4, -0.2) is 47.4 Å². The lowest BCUT2D eigenvalue weighted by molar-refractivity contribution is -0.142. The molecule has 1 aromatic heterocycles. The summed E-state index contributed by atoms with van der Waals surface area (Å²) >= 11 is 6.26. The number of rotatable bonds is 10. The number of aryl methyl sites for hydroxylation is 1. The Labute approximate surface area is 212 Å². The number of carbonyl (C=O) groups is 3. The van der Waals surface area contributed by atoms with E-state index in [-0.39, 0.29) is 18.7 Å². The molecule has 2 aromatic carbocycles. The minimum absolute atomic E-state index is 0.000542. The van der Waals surface area contributed by atoms with Gasteiger partial charge in [-0.1, -0.05) is 48.9 Å². The standard InChI is InChI=1S/C25H26ClFN4O5/c1-3-9-31-22(20(26)13-29-31)17-10-18(12-19(27)11-17)23(32)28-14-21(24(33)35-2)30-25(34)36-15-16-7-5-4-6-8-16/h4-8,10-13,21H,3,9,14-15H2,1-2H3,(H,28,32)(H,30,34)/t21-/m1/s1. The summed E-state index contributed by atoms with van der Waals surface area (Å²) in [6.07, 6.45) is 1.37. The Morgan fingerprint density at radius 3 is 2.61 bits per heavy atom. The normalized spacial score (nSPS) is 11.4. The molecule has 0 aliphatic heterocycles. The van der Waals surface area contributed by atoms with Crippen molar-refractivity contribution in [3.05, 3.63) is 76.7 Å². The highest BCUT2D eigenvalue weighted by atomic mass is 35.5. The van der Waals surface area contributed by atoms with Crippen LogP contribution >= 0.6 is 11.6 Å². The highest BCUT2D eigenvalue weighted by Gasteiger charge is 2.24. The molecule has 9 nitrogen and oxygen atoms in total. The van der Waals surface area contributed by atoms with Crippen LogP contribution in [-0.2, 0) is 27.4 Å². The molecule has 0 aliphatic carbocycles. The van der Waals surface area contributed by atoms with Crippen molar-refractivity contribution < 1.29 is 28.2 Å². The summed E-state index contributed by atoms with van der Waals surface area (Å²) < 4.78 is 25.9. The van der Waals surface area contributed by atoms with Gasteiger partial charge in [-0.15, -0.1) is 0 Å². The van der Waals surface area contributed by atoms with Gasteiger partial charge < -0.3 is 20.1 Å². The predicted octanol–water partition coefficient (Wildman–Crippen LogP) is 3.95. The lowest BCUT2D eigenvalue weighted by Crippen LogP contribution is -2.49. The third-order valence-corrected chi connectivity index (χ3v) is 5.40. The lowest BCUT2D eigenvalue weighted by atomic mass is 10.1. The predicted molar refractivity (Wildman–Crippen MR) is 131 cm³/mol. The number of esters is 1. The molecular weight excluding hydrogens is 491 g/mol. The average Bonchev–Trinajstić information content (AvgIpc) is 3.24. The second-order valence-electron chi connectivity index (χ2n) is 7.78. The zero-order valence-corrected chi connectivity index (χ0v) is 20.5. The van der Waals surface area contributed by atoms with Crippen LogP contribution in [0, 0.1) is 5.82 Å². The van der Waals surface area contributed by atoms with Gasteiger partial charge in [-0.3, -0.25) is 9.48 Å². The van der Waals surface area contributed by atoms with Crippen LogP contribution in [0.4, 0.5) is 9.18 Å². The van der Waals surface area contributed by atoms with Crippen LogP contribution < -0.4 is 10.6 Å². The number of ether oxygens (including phenoxy) is 2. The second kappa shape index (κ2) is 12.7. The largest absolute Gasteiger partial charge is 0.467 e. The smallest absolute Gasteiger partial charge is 0.408 e. The number of nitrogens with one attached hydrogen (secondary N) is 2. The summed E-state index contributed by atoms with van der Waals surface area (Å²) in [5, 5.41) is 9.40. The third kappa shape index (κ3) is 7.05. The summed E-state index contributed by atoms with van der Waals surface area (Å²) in [6.45, 7) is 2.21. The molecule has 3 aromatic rings. The van der Waals surface area contributed by atoms with Crippen molar-refractivity contribution in [2.24, 2.45) is 0 Å². The monoisotopic (exact) mass is 516 g/mol. The Morgan fingerprint density at radius 2 is 1.92 bits per heavy atom. The molecule has 2 amide bonds. The molecule has 11 heteroatoms. The molecule has 1 heterocycles. The molecule has 1 atom stereocenters. The lowest BCUT2D eigenvalue weighted by Gasteiger charge is -2.17. The van der Waals surface area contributed by atoms with E-state index in [0.717, 1.165) is 25.2 Å². The van der Waals surface area contributed by atoms with Crippen molar-refractivity contribution in [1.29, 1.82) is 0 Å². The maximum Gasteiger partial charge on any atom is 0.408 e. The van der Waals surface area contributed by atoms with E-state index in [1.54, 1.807) is 28.9 Å². The zero-order chi connectivity index (χ0) is 26.1. The molecular formula is C25H26ClFN4O5. The van der Waals surface area contributed by atoms with Crippen LogP contribution in [0.25, 0.3) is 11.3 Å². The molecule has 190 valence electrons. The second-order valence-corrected chi connectivity index (χ2v) is 8.19. The summed E-state index contributed by atoms with van der Waals surface area (Å²) in [6, 6.07) is 11.5. The molecule has 0 saturated heterocycles. The van der Waals surface area contributed by atoms with E-state index in [1.165, 1.54) is 18.3 Å². The highest BCUT2D eigenvalue weighted by Crippen LogP contribution is 2.29. The van der Waals surface area contributed by atoms with Crippen molar-refractivity contribution in [3.63, 3.8) is 0 Å². The zero-order valence-electron chi connectivity index (χ0n) is 19.8. The van der Waals surface area contributed by atoms with Crippen LogP contribution in [0.3, 0.4) is 0 Å². The highest BCUT2D eigenvalue weighted by molar-refractivity contribution is 6.33. The van der Waals surface area contributed by atoms with Gasteiger partial charge in [-0.25, -0.2) is 14.0 Å². The number of carbonyl (C=O) groups excluding carboxylic acids is 3. The summed E-state index contributed by atoms with van der Waals surface area (Å²) in [7, 11) is 1.15. The number of hydrogen-bond donors (Lipinski definition) is 2. The quantitative estimate of drug-likeness (QED) is 0.395. The van der Waals surface area contributed by atoms with Crippen molar-refractivity contribution in [2.75, 3.05) is 13.7 Å². The van der Waals surface area contributed by atoms with E-state index in [2.05, 4.69) is 15.7 Å². The average molecular weight is 517 g/mol. The van der Waals surface area contributed by atoms with E-state index >= 15 is 0 Å². The van der Waals surface area contributed by atoms with Gasteiger partial charge in [0.1, 0.15) is 18.5 Å². The first kappa shape index (κ1) is 26.7. The van der Waals surface area contributed by atoms with Gasteiger partial charge >= 0.3 is 12.1 Å². The molecule has 36 heavy (non-hydrogen) atoms. The molecule has 2 N–H and O–H groups in total. The van der Waals surface area contributed by atoms with Crippen molar-refractivity contribution >= 4 is 29.6 Å². The van der Waals surface area contributed by atoms with E-state index in [9.17, 15) is 18.8 Å². The number of halogens is 2. The van der Waals surface area contributed by atoms with Gasteiger partial charge in [0.15, 0.2) is 0 Å². The van der Waals surface area contributed by atoms with Crippen molar-refractivity contribution in [1.82, 2.24) is 20.4 Å². The van der Waals surface area contributed by atoms with E-state index in [4.69, 9.17) is 21.1 Å². The number of amides is 2. The first-order valence-electron chi connectivity index (χ1n) is 11.2. The first-order valence-corrected chi connectivity index (χ1v) is 11.6. The summed E-state index contributed by atoms with van der Waals surface area (Å²) in [4.78, 5) is 37.1. The van der Waals surface area contributed by atoms with Crippen LogP contribution in [0.5, 0.6) is 0 Å². The Morgan fingerprint density at radius 1 is 1.17 bits per heavy atom. The van der Waals surface area contributed by atoms with Crippen LogP contribution in [0.2, 0.25) is 5.02 Å². The Kier molecular flexibility index (Phi) is 9.40. The molecule has 3 rings (SSSR count). The number of methoxy groups -OCH3 is 1. The number of aromatic nitrogens is 2. The molecule has 0 unspecified atom stereocenters. The van der Waals surface area contributed by atoms with Gasteiger partial charge in [0, 0.05) is 24.2 Å². The molecule has 0 fully saturated rings. The molecule has 0 bridgehead atoms. The summed E-state index contributed by atoms with van der Waals surface area (Å²) in [5.41, 5.74) is 1.63. The molecule has 0 aliphatic rings. The van der Waals surface area contributed by atoms with Gasteiger partial charge in [-0.05, 0) is 30.2 Å². The maximum absolute atomic E-state index is 14.4. The molecule has 0 spiro atoms. The number of hydrogen-bond acceptors (Lipinski definition) is 6. The van der Waals surface area contributed by atoms with Crippen LogP contribution in [0.1, 0.15) is 29.3 Å². The first-order chi connectivity index (χ1) is 17.3. The van der Waals surface area contributed by atoms with Gasteiger partial charge in [0.25, 0.3) is 5.91 Å². The van der Waals surface area contributed by atoms with E-state index in [0.29, 0.717) is 22.8 Å². The topological polar surface area (TPSA) is 112 Å². The third-order valence-electron chi connectivity index (χ3n) is 5.12. The van der Waals surface area contributed by atoms with Gasteiger partial charge in [-0.2, -0.15) is 5.10 Å². The van der Waals surface area contributed by atoms with E-state index in [1.807, 2.05) is 13.0 Å². The fraction of sp³-hybridized carbons (Fsp3) is 0.280. The van der Waals surface area contributed by atoms with Gasteiger partial charge in [0.05, 0.1) is 24.0 Å². The Bertz CT molecular complexity index is 1220. The molecule has 0 radical (unpaired) electrons. The number of alkyl carbamates (subject to hydrolysis) is 1. The maximum atomic E-state index is 14.4. The number of nitrogens with zero attached hydrogens (tertiary/aromatic N) is 2. The van der Waals surface area contributed by atoms with Gasteiger partial charge in [0.2, 0.25) is 0 Å². The van der Waals surface area contributed by atoms with Crippen LogP contribution in [0.15, 0.2) is 54.7 Å². The molecule has 0 saturated carbocycles. The van der Waals surface area contributed by atoms with Crippen molar-refractivity contribution in [2.45, 2.75) is 32.5 Å². The fourth-order valence-corrected chi connectivity index (χ4v) is 3.68. The van der Waals surface area contributed by atoms with Crippen molar-refractivity contribution in [3.8, 4) is 11.3 Å². The fourth-order valence-electron chi connectivity index (χ4n) is 3.43. The summed E-state index contributed by atoms with van der Waals surface area (Å²) in [5.74, 6) is -2.10. The number of benzene rings is 2.